The molecule has 0 atom stereocenters. The van der Waals surface area contributed by atoms with Crippen LogP contribution in [0.3, 0.4) is 0 Å². The van der Waals surface area contributed by atoms with Gasteiger partial charge in [-0.05, 0) is 43.3 Å². The van der Waals surface area contributed by atoms with E-state index in [2.05, 4.69) is 0 Å². The summed E-state index contributed by atoms with van der Waals surface area (Å²) in [6, 6.07) is 15.9. The SMILES string of the molecule is CCOCCOc1ccc(Sc2ccccc2N)cc1. The lowest BCUT2D eigenvalue weighted by Gasteiger charge is -2.08. The van der Waals surface area contributed by atoms with Gasteiger partial charge in [-0.15, -0.1) is 0 Å². The van der Waals surface area contributed by atoms with Crippen LogP contribution in [0.1, 0.15) is 6.92 Å². The van der Waals surface area contributed by atoms with Crippen LogP contribution in [0, 0.1) is 0 Å². The van der Waals surface area contributed by atoms with E-state index < -0.39 is 0 Å². The molecule has 0 aliphatic heterocycles. The Morgan fingerprint density at radius 1 is 1.00 bits per heavy atom. The lowest BCUT2D eigenvalue weighted by molar-refractivity contribution is 0.110. The molecule has 0 saturated carbocycles. The van der Waals surface area contributed by atoms with E-state index in [0.29, 0.717) is 13.2 Å². The average molecular weight is 289 g/mol. The number of hydrogen-bond donors (Lipinski definition) is 1. The van der Waals surface area contributed by atoms with Gasteiger partial charge in [0.05, 0.1) is 6.61 Å². The molecule has 20 heavy (non-hydrogen) atoms. The molecule has 0 saturated heterocycles. The summed E-state index contributed by atoms with van der Waals surface area (Å²) in [6.45, 7) is 3.89. The fraction of sp³-hybridized carbons (Fsp3) is 0.250. The largest absolute Gasteiger partial charge is 0.491 e. The zero-order valence-corrected chi connectivity index (χ0v) is 12.4. The van der Waals surface area contributed by atoms with Gasteiger partial charge in [-0.1, -0.05) is 23.9 Å². The first kappa shape index (κ1) is 14.8. The van der Waals surface area contributed by atoms with Crippen LogP contribution in [0.5, 0.6) is 5.75 Å². The number of benzene rings is 2. The molecule has 0 radical (unpaired) electrons. The number of anilines is 1. The molecule has 0 aliphatic rings. The van der Waals surface area contributed by atoms with Gasteiger partial charge in [0.2, 0.25) is 0 Å². The van der Waals surface area contributed by atoms with E-state index in [9.17, 15) is 0 Å². The van der Waals surface area contributed by atoms with Crippen LogP contribution in [0.2, 0.25) is 0 Å². The molecular formula is C16H19NO2S. The molecule has 0 heterocycles. The third-order valence-corrected chi connectivity index (χ3v) is 3.77. The van der Waals surface area contributed by atoms with E-state index in [1.54, 1.807) is 11.8 Å². The Kier molecular flexibility index (Phi) is 5.77. The fourth-order valence-electron chi connectivity index (χ4n) is 1.67. The minimum absolute atomic E-state index is 0.575. The quantitative estimate of drug-likeness (QED) is 0.621. The topological polar surface area (TPSA) is 44.5 Å². The summed E-state index contributed by atoms with van der Waals surface area (Å²) in [5.41, 5.74) is 6.73. The number of rotatable bonds is 7. The lowest BCUT2D eigenvalue weighted by Crippen LogP contribution is -2.06. The highest BCUT2D eigenvalue weighted by Gasteiger charge is 2.01. The molecule has 0 aromatic heterocycles. The summed E-state index contributed by atoms with van der Waals surface area (Å²) >= 11 is 1.65. The van der Waals surface area contributed by atoms with Crippen molar-refractivity contribution >= 4 is 17.4 Å². The summed E-state index contributed by atoms with van der Waals surface area (Å²) in [4.78, 5) is 2.21. The van der Waals surface area contributed by atoms with E-state index in [0.717, 1.165) is 27.8 Å². The molecular weight excluding hydrogens is 270 g/mol. The second-order valence-corrected chi connectivity index (χ2v) is 5.27. The number of hydrogen-bond acceptors (Lipinski definition) is 4. The molecule has 106 valence electrons. The van der Waals surface area contributed by atoms with E-state index in [1.807, 2.05) is 55.5 Å². The van der Waals surface area contributed by atoms with Crippen molar-refractivity contribution in [2.24, 2.45) is 0 Å². The standard InChI is InChI=1S/C16H19NO2S/c1-2-18-11-12-19-13-7-9-14(10-8-13)20-16-6-4-3-5-15(16)17/h3-10H,2,11-12,17H2,1H3. The maximum Gasteiger partial charge on any atom is 0.119 e. The molecule has 0 amide bonds. The van der Waals surface area contributed by atoms with E-state index in [4.69, 9.17) is 15.2 Å². The Morgan fingerprint density at radius 3 is 2.45 bits per heavy atom. The molecule has 2 N–H and O–H groups in total. The van der Waals surface area contributed by atoms with Crippen LogP contribution in [-0.2, 0) is 4.74 Å². The van der Waals surface area contributed by atoms with Gasteiger partial charge in [0.15, 0.2) is 0 Å². The lowest BCUT2D eigenvalue weighted by atomic mass is 10.3. The van der Waals surface area contributed by atoms with Crippen LogP contribution >= 0.6 is 11.8 Å². The first-order chi connectivity index (χ1) is 9.79. The summed E-state index contributed by atoms with van der Waals surface area (Å²) in [6.07, 6.45) is 0. The third-order valence-electron chi connectivity index (χ3n) is 2.67. The Hall–Kier alpha value is -1.65. The summed E-state index contributed by atoms with van der Waals surface area (Å²) < 4.78 is 10.8. The van der Waals surface area contributed by atoms with Crippen LogP contribution in [0.4, 0.5) is 5.69 Å². The van der Waals surface area contributed by atoms with Crippen LogP contribution in [0.15, 0.2) is 58.3 Å². The van der Waals surface area contributed by atoms with Gasteiger partial charge in [0, 0.05) is 22.1 Å². The van der Waals surface area contributed by atoms with Crippen molar-refractivity contribution in [1.82, 2.24) is 0 Å². The second-order valence-electron chi connectivity index (χ2n) is 4.16. The van der Waals surface area contributed by atoms with Crippen molar-refractivity contribution < 1.29 is 9.47 Å². The molecule has 0 aliphatic carbocycles. The smallest absolute Gasteiger partial charge is 0.119 e. The summed E-state index contributed by atoms with van der Waals surface area (Å²) in [7, 11) is 0. The first-order valence-corrected chi connectivity index (χ1v) is 7.44. The second kappa shape index (κ2) is 7.82. The predicted octanol–water partition coefficient (Wildman–Crippen LogP) is 3.84. The van der Waals surface area contributed by atoms with Gasteiger partial charge in [-0.2, -0.15) is 0 Å². The summed E-state index contributed by atoms with van der Waals surface area (Å²) in [5.74, 6) is 0.857. The minimum atomic E-state index is 0.575. The molecule has 4 heteroatoms. The van der Waals surface area contributed by atoms with Crippen LogP contribution in [0.25, 0.3) is 0 Å². The minimum Gasteiger partial charge on any atom is -0.491 e. The third kappa shape index (κ3) is 4.47. The zero-order valence-electron chi connectivity index (χ0n) is 11.5. The predicted molar refractivity (Wildman–Crippen MR) is 83.4 cm³/mol. The molecule has 0 unspecified atom stereocenters. The first-order valence-electron chi connectivity index (χ1n) is 6.62. The molecule has 0 spiro atoms. The van der Waals surface area contributed by atoms with Crippen molar-refractivity contribution in [3.63, 3.8) is 0 Å². The van der Waals surface area contributed by atoms with Crippen molar-refractivity contribution in [3.05, 3.63) is 48.5 Å². The fourth-order valence-corrected chi connectivity index (χ4v) is 2.53. The number of para-hydroxylation sites is 1. The highest BCUT2D eigenvalue weighted by atomic mass is 32.2. The monoisotopic (exact) mass is 289 g/mol. The number of ether oxygens (including phenoxy) is 2. The van der Waals surface area contributed by atoms with Gasteiger partial charge in [0.1, 0.15) is 12.4 Å². The highest BCUT2D eigenvalue weighted by molar-refractivity contribution is 7.99. The molecule has 2 aromatic rings. The van der Waals surface area contributed by atoms with Crippen molar-refractivity contribution in [2.75, 3.05) is 25.6 Å². The molecule has 2 aromatic carbocycles. The van der Waals surface area contributed by atoms with E-state index in [-0.39, 0.29) is 0 Å². The Labute approximate surface area is 124 Å². The van der Waals surface area contributed by atoms with E-state index >= 15 is 0 Å². The highest BCUT2D eigenvalue weighted by Crippen LogP contribution is 2.32. The van der Waals surface area contributed by atoms with Crippen molar-refractivity contribution in [2.45, 2.75) is 16.7 Å². The normalized spacial score (nSPS) is 10.4. The number of nitrogens with two attached hydrogens (primary N) is 1. The van der Waals surface area contributed by atoms with Gasteiger partial charge in [0.25, 0.3) is 0 Å². The average Bonchev–Trinajstić information content (AvgIpc) is 2.48. The molecule has 2 rings (SSSR count). The van der Waals surface area contributed by atoms with Crippen LogP contribution < -0.4 is 10.5 Å². The van der Waals surface area contributed by atoms with Crippen LogP contribution in [-0.4, -0.2) is 19.8 Å². The number of nitrogen functional groups attached to an aromatic ring is 1. The van der Waals surface area contributed by atoms with Crippen molar-refractivity contribution in [1.29, 1.82) is 0 Å². The van der Waals surface area contributed by atoms with Gasteiger partial charge in [-0.25, -0.2) is 0 Å². The van der Waals surface area contributed by atoms with E-state index in [1.165, 1.54) is 0 Å². The molecule has 0 fully saturated rings. The maximum absolute atomic E-state index is 5.93. The zero-order chi connectivity index (χ0) is 14.2. The van der Waals surface area contributed by atoms with Gasteiger partial charge in [-0.3, -0.25) is 0 Å². The Balaban J connectivity index is 1.90. The Morgan fingerprint density at radius 2 is 1.75 bits per heavy atom. The molecule has 0 bridgehead atoms. The Bertz CT molecular complexity index is 528. The molecule has 3 nitrogen and oxygen atoms in total. The summed E-state index contributed by atoms with van der Waals surface area (Å²) in [5, 5.41) is 0. The van der Waals surface area contributed by atoms with Gasteiger partial charge >= 0.3 is 0 Å². The van der Waals surface area contributed by atoms with Crippen molar-refractivity contribution in [3.8, 4) is 5.75 Å². The van der Waals surface area contributed by atoms with Gasteiger partial charge < -0.3 is 15.2 Å². The maximum atomic E-state index is 5.93.